The largest absolute Gasteiger partial charge is 0.286 e. The monoisotopic (exact) mass is 278 g/mol. The standard InChI is InChI=1S/C13H11ClN2OS/c14-11-10(8-9-4-2-1-3-5-9)12(17)16-6-7-18-13(16)15-11/h1-5H,6-8H2. The Hall–Kier alpha value is -1.26. The summed E-state index contributed by atoms with van der Waals surface area (Å²) in [6.45, 7) is 0.727. The van der Waals surface area contributed by atoms with E-state index in [0.717, 1.165) is 23.0 Å². The van der Waals surface area contributed by atoms with Crippen LogP contribution < -0.4 is 5.56 Å². The van der Waals surface area contributed by atoms with Gasteiger partial charge in [-0.2, -0.15) is 0 Å². The number of aromatic nitrogens is 2. The summed E-state index contributed by atoms with van der Waals surface area (Å²) in [7, 11) is 0. The van der Waals surface area contributed by atoms with Crippen molar-refractivity contribution in [1.82, 2.24) is 9.55 Å². The molecule has 0 aliphatic carbocycles. The van der Waals surface area contributed by atoms with Crippen molar-refractivity contribution < 1.29 is 0 Å². The first-order valence-corrected chi connectivity index (χ1v) is 7.08. The molecule has 5 heteroatoms. The fourth-order valence-electron chi connectivity index (χ4n) is 2.03. The molecule has 0 bridgehead atoms. The number of nitrogens with zero attached hydrogens (tertiary/aromatic N) is 2. The van der Waals surface area contributed by atoms with Crippen LogP contribution in [0.1, 0.15) is 11.1 Å². The van der Waals surface area contributed by atoms with Crippen molar-refractivity contribution >= 4 is 23.4 Å². The van der Waals surface area contributed by atoms with E-state index in [1.165, 1.54) is 0 Å². The first kappa shape index (κ1) is 11.8. The Morgan fingerprint density at radius 3 is 2.89 bits per heavy atom. The third kappa shape index (κ3) is 2.06. The predicted molar refractivity (Wildman–Crippen MR) is 73.5 cm³/mol. The lowest BCUT2D eigenvalue weighted by atomic mass is 10.1. The zero-order chi connectivity index (χ0) is 12.5. The molecule has 0 saturated carbocycles. The topological polar surface area (TPSA) is 34.9 Å². The Kier molecular flexibility index (Phi) is 3.14. The lowest BCUT2D eigenvalue weighted by Gasteiger charge is -2.07. The highest BCUT2D eigenvalue weighted by molar-refractivity contribution is 7.99. The molecule has 2 heterocycles. The number of fused-ring (bicyclic) bond motifs is 1. The summed E-state index contributed by atoms with van der Waals surface area (Å²) in [5.74, 6) is 0.896. The van der Waals surface area contributed by atoms with Crippen LogP contribution in [0.4, 0.5) is 0 Å². The second kappa shape index (κ2) is 4.78. The summed E-state index contributed by atoms with van der Waals surface area (Å²) >= 11 is 7.70. The van der Waals surface area contributed by atoms with Crippen molar-refractivity contribution in [1.29, 1.82) is 0 Å². The van der Waals surface area contributed by atoms with Gasteiger partial charge >= 0.3 is 0 Å². The Labute approximate surface area is 114 Å². The second-order valence-electron chi connectivity index (χ2n) is 4.13. The summed E-state index contributed by atoms with van der Waals surface area (Å²) in [4.78, 5) is 16.6. The Balaban J connectivity index is 2.05. The zero-order valence-corrected chi connectivity index (χ0v) is 11.2. The van der Waals surface area contributed by atoms with Crippen molar-refractivity contribution in [3.05, 3.63) is 57.0 Å². The van der Waals surface area contributed by atoms with Gasteiger partial charge in [-0.3, -0.25) is 9.36 Å². The quantitative estimate of drug-likeness (QED) is 0.626. The van der Waals surface area contributed by atoms with E-state index in [4.69, 9.17) is 11.6 Å². The van der Waals surface area contributed by atoms with E-state index >= 15 is 0 Å². The molecule has 2 aromatic rings. The average molecular weight is 279 g/mol. The highest BCUT2D eigenvalue weighted by atomic mass is 35.5. The van der Waals surface area contributed by atoms with Crippen molar-refractivity contribution in [2.24, 2.45) is 0 Å². The van der Waals surface area contributed by atoms with Crippen LogP contribution in [0.3, 0.4) is 0 Å². The van der Waals surface area contributed by atoms with Crippen molar-refractivity contribution in [3.63, 3.8) is 0 Å². The Morgan fingerprint density at radius 2 is 2.11 bits per heavy atom. The molecule has 0 atom stereocenters. The fraction of sp³-hybridized carbons (Fsp3) is 0.231. The number of benzene rings is 1. The average Bonchev–Trinajstić information content (AvgIpc) is 2.84. The first-order chi connectivity index (χ1) is 8.75. The maximum atomic E-state index is 12.3. The van der Waals surface area contributed by atoms with Crippen LogP contribution in [0, 0.1) is 0 Å². The number of hydrogen-bond acceptors (Lipinski definition) is 3. The molecular formula is C13H11ClN2OS. The van der Waals surface area contributed by atoms with E-state index in [1.54, 1.807) is 16.3 Å². The van der Waals surface area contributed by atoms with E-state index in [9.17, 15) is 4.79 Å². The first-order valence-electron chi connectivity index (χ1n) is 5.71. The van der Waals surface area contributed by atoms with E-state index in [-0.39, 0.29) is 5.56 Å². The maximum absolute atomic E-state index is 12.3. The van der Waals surface area contributed by atoms with E-state index in [0.29, 0.717) is 17.1 Å². The molecule has 1 aliphatic heterocycles. The van der Waals surface area contributed by atoms with Crippen molar-refractivity contribution in [2.75, 3.05) is 5.75 Å². The van der Waals surface area contributed by atoms with Crippen LogP contribution >= 0.6 is 23.4 Å². The summed E-state index contributed by atoms with van der Waals surface area (Å²) in [6, 6.07) is 9.84. The molecule has 1 aromatic heterocycles. The van der Waals surface area contributed by atoms with E-state index in [1.807, 2.05) is 30.3 Å². The van der Waals surface area contributed by atoms with Gasteiger partial charge in [-0.15, -0.1) is 0 Å². The molecule has 1 aromatic carbocycles. The van der Waals surface area contributed by atoms with Crippen LogP contribution in [0.15, 0.2) is 40.3 Å². The van der Waals surface area contributed by atoms with Crippen LogP contribution in [0.2, 0.25) is 5.15 Å². The predicted octanol–water partition coefficient (Wildman–Crippen LogP) is 2.59. The van der Waals surface area contributed by atoms with E-state index < -0.39 is 0 Å². The molecule has 0 unspecified atom stereocenters. The molecule has 0 N–H and O–H groups in total. The van der Waals surface area contributed by atoms with Gasteiger partial charge in [0.2, 0.25) is 0 Å². The fourth-order valence-corrected chi connectivity index (χ4v) is 3.25. The third-order valence-electron chi connectivity index (χ3n) is 2.95. The van der Waals surface area contributed by atoms with Crippen LogP contribution in [-0.2, 0) is 13.0 Å². The lowest BCUT2D eigenvalue weighted by molar-refractivity contribution is 0.646. The Bertz CT molecular complexity index is 639. The lowest BCUT2D eigenvalue weighted by Crippen LogP contribution is -2.25. The Morgan fingerprint density at radius 1 is 1.33 bits per heavy atom. The minimum Gasteiger partial charge on any atom is -0.286 e. The van der Waals surface area contributed by atoms with Crippen molar-refractivity contribution in [3.8, 4) is 0 Å². The molecule has 1 aliphatic rings. The summed E-state index contributed by atoms with van der Waals surface area (Å²) in [6.07, 6.45) is 0.538. The minimum atomic E-state index is -0.00106. The SMILES string of the molecule is O=c1c(Cc2ccccc2)c(Cl)nc2n1CCS2. The van der Waals surface area contributed by atoms with Gasteiger partial charge in [0.05, 0.1) is 5.56 Å². The van der Waals surface area contributed by atoms with Crippen molar-refractivity contribution in [2.45, 2.75) is 18.1 Å². The third-order valence-corrected chi connectivity index (χ3v) is 4.22. The number of halogens is 1. The highest BCUT2D eigenvalue weighted by Crippen LogP contribution is 2.24. The summed E-state index contributed by atoms with van der Waals surface area (Å²) in [5, 5.41) is 1.08. The number of rotatable bonds is 2. The van der Waals surface area contributed by atoms with Crippen LogP contribution in [0.25, 0.3) is 0 Å². The number of hydrogen-bond donors (Lipinski definition) is 0. The van der Waals surface area contributed by atoms with Gasteiger partial charge in [-0.05, 0) is 5.56 Å². The zero-order valence-electron chi connectivity index (χ0n) is 9.60. The van der Waals surface area contributed by atoms with Gasteiger partial charge < -0.3 is 0 Å². The molecule has 0 radical (unpaired) electrons. The normalized spacial score (nSPS) is 13.6. The smallest absolute Gasteiger partial charge is 0.259 e. The molecule has 0 fully saturated rings. The van der Waals surface area contributed by atoms with Gasteiger partial charge in [0.15, 0.2) is 5.16 Å². The second-order valence-corrected chi connectivity index (χ2v) is 5.55. The molecule has 92 valence electrons. The van der Waals surface area contributed by atoms with Gasteiger partial charge in [0, 0.05) is 18.7 Å². The maximum Gasteiger partial charge on any atom is 0.259 e. The number of thioether (sulfide) groups is 1. The molecular weight excluding hydrogens is 268 g/mol. The van der Waals surface area contributed by atoms with Crippen LogP contribution in [-0.4, -0.2) is 15.3 Å². The molecule has 18 heavy (non-hydrogen) atoms. The van der Waals surface area contributed by atoms with Crippen LogP contribution in [0.5, 0.6) is 0 Å². The molecule has 0 spiro atoms. The van der Waals surface area contributed by atoms with E-state index in [2.05, 4.69) is 4.98 Å². The molecule has 3 nitrogen and oxygen atoms in total. The summed E-state index contributed by atoms with van der Waals surface area (Å²) < 4.78 is 1.72. The van der Waals surface area contributed by atoms with Gasteiger partial charge in [0.1, 0.15) is 5.15 Å². The van der Waals surface area contributed by atoms with Gasteiger partial charge in [-0.25, -0.2) is 4.98 Å². The molecule has 0 saturated heterocycles. The molecule has 3 rings (SSSR count). The summed E-state index contributed by atoms with van der Waals surface area (Å²) in [5.41, 5.74) is 1.66. The van der Waals surface area contributed by atoms with Gasteiger partial charge in [0.25, 0.3) is 5.56 Å². The highest BCUT2D eigenvalue weighted by Gasteiger charge is 2.19. The van der Waals surface area contributed by atoms with Gasteiger partial charge in [-0.1, -0.05) is 53.7 Å². The molecule has 0 amide bonds. The minimum absolute atomic E-state index is 0.00106.